The molecular weight excluding hydrogens is 316 g/mol. The Morgan fingerprint density at radius 2 is 2.00 bits per heavy atom. The van der Waals surface area contributed by atoms with Crippen LogP contribution in [0.3, 0.4) is 0 Å². The van der Waals surface area contributed by atoms with E-state index >= 15 is 0 Å². The molecule has 2 N–H and O–H groups in total. The summed E-state index contributed by atoms with van der Waals surface area (Å²) in [5.74, 6) is -0.461. The maximum absolute atomic E-state index is 12.3. The summed E-state index contributed by atoms with van der Waals surface area (Å²) in [6, 6.07) is 15.3. The number of benzene rings is 2. The molecule has 1 amide bonds. The van der Waals surface area contributed by atoms with Crippen LogP contribution in [0.25, 0.3) is 0 Å². The number of fused-ring (bicyclic) bond motifs is 1. The van der Waals surface area contributed by atoms with Crippen LogP contribution in [-0.2, 0) is 16.0 Å². The van der Waals surface area contributed by atoms with Crippen molar-refractivity contribution in [3.63, 3.8) is 0 Å². The summed E-state index contributed by atoms with van der Waals surface area (Å²) in [5.41, 5.74) is 3.70. The van der Waals surface area contributed by atoms with Crippen molar-refractivity contribution in [1.29, 1.82) is 0 Å². The molecule has 5 heteroatoms. The Balaban J connectivity index is 1.58. The smallest absolute Gasteiger partial charge is 0.337 e. The molecule has 1 atom stereocenters. The van der Waals surface area contributed by atoms with E-state index in [0.717, 1.165) is 19.3 Å². The SMILES string of the molecule is COC(=O)c1cccc(NCC(=O)NC2CCCc3ccccc32)c1. The molecule has 25 heavy (non-hydrogen) atoms. The molecule has 0 radical (unpaired) electrons. The number of methoxy groups -OCH3 is 1. The Kier molecular flexibility index (Phi) is 5.33. The van der Waals surface area contributed by atoms with Gasteiger partial charge in [0, 0.05) is 5.69 Å². The first kappa shape index (κ1) is 17.0. The zero-order valence-electron chi connectivity index (χ0n) is 14.2. The summed E-state index contributed by atoms with van der Waals surface area (Å²) in [6.07, 6.45) is 3.11. The molecule has 0 fully saturated rings. The normalized spacial score (nSPS) is 15.8. The predicted molar refractivity (Wildman–Crippen MR) is 96.5 cm³/mol. The van der Waals surface area contributed by atoms with Crippen molar-refractivity contribution >= 4 is 17.6 Å². The molecule has 2 aromatic carbocycles. The molecule has 5 nitrogen and oxygen atoms in total. The van der Waals surface area contributed by atoms with Crippen molar-refractivity contribution in [2.45, 2.75) is 25.3 Å². The zero-order valence-corrected chi connectivity index (χ0v) is 14.2. The van der Waals surface area contributed by atoms with Crippen LogP contribution in [0.4, 0.5) is 5.69 Å². The molecule has 0 bridgehead atoms. The third kappa shape index (κ3) is 4.18. The minimum Gasteiger partial charge on any atom is -0.465 e. The van der Waals surface area contributed by atoms with Gasteiger partial charge in [0.15, 0.2) is 0 Å². The van der Waals surface area contributed by atoms with Crippen LogP contribution in [0.5, 0.6) is 0 Å². The lowest BCUT2D eigenvalue weighted by Gasteiger charge is -2.26. The second-order valence-electron chi connectivity index (χ2n) is 6.14. The first-order valence-corrected chi connectivity index (χ1v) is 8.47. The number of esters is 1. The highest BCUT2D eigenvalue weighted by molar-refractivity contribution is 5.90. The number of ether oxygens (including phenoxy) is 1. The molecule has 0 saturated heterocycles. The van der Waals surface area contributed by atoms with Gasteiger partial charge in [-0.25, -0.2) is 4.79 Å². The lowest BCUT2D eigenvalue weighted by Crippen LogP contribution is -2.35. The topological polar surface area (TPSA) is 67.4 Å². The van der Waals surface area contributed by atoms with Gasteiger partial charge in [0.05, 0.1) is 25.3 Å². The first-order valence-electron chi connectivity index (χ1n) is 8.47. The van der Waals surface area contributed by atoms with Gasteiger partial charge in [0.2, 0.25) is 5.91 Å². The van der Waals surface area contributed by atoms with E-state index in [1.54, 1.807) is 18.2 Å². The summed E-state index contributed by atoms with van der Waals surface area (Å²) < 4.78 is 4.70. The Bertz CT molecular complexity index is 773. The van der Waals surface area contributed by atoms with E-state index in [4.69, 9.17) is 4.74 Å². The minimum absolute atomic E-state index is 0.0647. The number of rotatable bonds is 5. The summed E-state index contributed by atoms with van der Waals surface area (Å²) in [5, 5.41) is 6.16. The van der Waals surface area contributed by atoms with E-state index in [-0.39, 0.29) is 18.5 Å². The molecule has 1 aliphatic rings. The van der Waals surface area contributed by atoms with Crippen molar-refractivity contribution in [2.24, 2.45) is 0 Å². The van der Waals surface area contributed by atoms with E-state index < -0.39 is 5.97 Å². The molecule has 130 valence electrons. The molecule has 3 rings (SSSR count). The molecule has 1 aliphatic carbocycles. The van der Waals surface area contributed by atoms with Gasteiger partial charge >= 0.3 is 5.97 Å². The second kappa shape index (κ2) is 7.83. The predicted octanol–water partition coefficient (Wildman–Crippen LogP) is 3.08. The summed E-state index contributed by atoms with van der Waals surface area (Å²) in [4.78, 5) is 23.9. The van der Waals surface area contributed by atoms with Crippen molar-refractivity contribution in [3.8, 4) is 0 Å². The molecule has 2 aromatic rings. The molecule has 0 heterocycles. The van der Waals surface area contributed by atoms with Gasteiger partial charge in [-0.3, -0.25) is 4.79 Å². The largest absolute Gasteiger partial charge is 0.465 e. The van der Waals surface area contributed by atoms with Crippen molar-refractivity contribution < 1.29 is 14.3 Å². The van der Waals surface area contributed by atoms with Crippen LogP contribution >= 0.6 is 0 Å². The van der Waals surface area contributed by atoms with Crippen LogP contribution in [0.1, 0.15) is 40.4 Å². The maximum Gasteiger partial charge on any atom is 0.337 e. The number of carbonyl (C=O) groups excluding carboxylic acids is 2. The number of aryl methyl sites for hydroxylation is 1. The second-order valence-corrected chi connectivity index (χ2v) is 6.14. The Morgan fingerprint density at radius 3 is 2.84 bits per heavy atom. The fourth-order valence-corrected chi connectivity index (χ4v) is 3.21. The van der Waals surface area contributed by atoms with Crippen LogP contribution in [-0.4, -0.2) is 25.5 Å². The number of carbonyl (C=O) groups is 2. The third-order valence-electron chi connectivity index (χ3n) is 4.44. The third-order valence-corrected chi connectivity index (χ3v) is 4.44. The highest BCUT2D eigenvalue weighted by atomic mass is 16.5. The minimum atomic E-state index is -0.396. The lowest BCUT2D eigenvalue weighted by atomic mass is 9.88. The van der Waals surface area contributed by atoms with Gasteiger partial charge in [-0.1, -0.05) is 30.3 Å². The highest BCUT2D eigenvalue weighted by Gasteiger charge is 2.21. The van der Waals surface area contributed by atoms with Crippen LogP contribution in [0, 0.1) is 0 Å². The van der Waals surface area contributed by atoms with Crippen molar-refractivity contribution in [3.05, 3.63) is 65.2 Å². The summed E-state index contributed by atoms with van der Waals surface area (Å²) in [7, 11) is 1.35. The number of nitrogens with one attached hydrogen (secondary N) is 2. The quantitative estimate of drug-likeness (QED) is 0.822. The van der Waals surface area contributed by atoms with Gasteiger partial charge in [-0.15, -0.1) is 0 Å². The van der Waals surface area contributed by atoms with E-state index in [1.807, 2.05) is 18.2 Å². The van der Waals surface area contributed by atoms with Crippen LogP contribution in [0.2, 0.25) is 0 Å². The maximum atomic E-state index is 12.3. The van der Waals surface area contributed by atoms with E-state index in [9.17, 15) is 9.59 Å². The van der Waals surface area contributed by atoms with Gasteiger partial charge in [0.25, 0.3) is 0 Å². The van der Waals surface area contributed by atoms with Crippen molar-refractivity contribution in [2.75, 3.05) is 19.0 Å². The van der Waals surface area contributed by atoms with Crippen molar-refractivity contribution in [1.82, 2.24) is 5.32 Å². The standard InChI is InChI=1S/C20H22N2O3/c1-25-20(24)15-8-4-9-16(12-15)21-13-19(23)22-18-11-5-7-14-6-2-3-10-17(14)18/h2-4,6,8-10,12,18,21H,5,7,11,13H2,1H3,(H,22,23). The highest BCUT2D eigenvalue weighted by Crippen LogP contribution is 2.29. The molecule has 0 aromatic heterocycles. The van der Waals surface area contributed by atoms with E-state index in [1.165, 1.54) is 18.2 Å². The Morgan fingerprint density at radius 1 is 1.16 bits per heavy atom. The fraction of sp³-hybridized carbons (Fsp3) is 0.300. The van der Waals surface area contributed by atoms with Crippen LogP contribution in [0.15, 0.2) is 48.5 Å². The fourth-order valence-electron chi connectivity index (χ4n) is 3.21. The number of amides is 1. The molecule has 1 unspecified atom stereocenters. The number of hydrogen-bond donors (Lipinski definition) is 2. The van der Waals surface area contributed by atoms with Gasteiger partial charge in [0.1, 0.15) is 0 Å². The molecule has 0 aliphatic heterocycles. The zero-order chi connectivity index (χ0) is 17.6. The first-order chi connectivity index (χ1) is 12.2. The van der Waals surface area contributed by atoms with Crippen LogP contribution < -0.4 is 10.6 Å². The average molecular weight is 338 g/mol. The average Bonchev–Trinajstić information content (AvgIpc) is 2.66. The van der Waals surface area contributed by atoms with Gasteiger partial charge < -0.3 is 15.4 Å². The monoisotopic (exact) mass is 338 g/mol. The molecular formula is C20H22N2O3. The van der Waals surface area contributed by atoms with E-state index in [0.29, 0.717) is 11.3 Å². The molecule has 0 saturated carbocycles. The number of hydrogen-bond acceptors (Lipinski definition) is 4. The summed E-state index contributed by atoms with van der Waals surface area (Å²) >= 11 is 0. The van der Waals surface area contributed by atoms with Gasteiger partial charge in [-0.05, 0) is 48.6 Å². The number of anilines is 1. The Labute approximate surface area is 147 Å². The molecule has 0 spiro atoms. The van der Waals surface area contributed by atoms with E-state index in [2.05, 4.69) is 22.8 Å². The summed E-state index contributed by atoms with van der Waals surface area (Å²) in [6.45, 7) is 0.156. The van der Waals surface area contributed by atoms with Gasteiger partial charge in [-0.2, -0.15) is 0 Å². The Hall–Kier alpha value is -2.82. The lowest BCUT2D eigenvalue weighted by molar-refractivity contribution is -0.120.